The number of fused-ring (bicyclic) bond motifs is 1. The van der Waals surface area contributed by atoms with Crippen molar-refractivity contribution in [1.82, 2.24) is 30.0 Å². The molecule has 0 amide bonds. The Hall–Kier alpha value is -3.03. The van der Waals surface area contributed by atoms with Gasteiger partial charge < -0.3 is 15.2 Å². The quantitative estimate of drug-likeness (QED) is 0.420. The molecule has 172 valence electrons. The van der Waals surface area contributed by atoms with Crippen LogP contribution in [0.15, 0.2) is 67.4 Å². The summed E-state index contributed by atoms with van der Waals surface area (Å²) in [4.78, 5) is 5.64. The Labute approximate surface area is 193 Å². The van der Waals surface area contributed by atoms with Crippen LogP contribution in [0.1, 0.15) is 36.9 Å². The Morgan fingerprint density at radius 1 is 1.15 bits per heavy atom. The van der Waals surface area contributed by atoms with E-state index in [1.807, 2.05) is 22.8 Å². The fourth-order valence-corrected chi connectivity index (χ4v) is 4.88. The minimum Gasteiger partial charge on any atom is -0.361 e. The number of nitrogens with zero attached hydrogens (tertiary/aromatic N) is 4. The van der Waals surface area contributed by atoms with Crippen LogP contribution >= 0.6 is 0 Å². The van der Waals surface area contributed by atoms with Crippen LogP contribution in [0.4, 0.5) is 4.39 Å². The number of rotatable bonds is 8. The molecule has 7 heteroatoms. The van der Waals surface area contributed by atoms with Crippen molar-refractivity contribution < 1.29 is 4.39 Å². The molecule has 0 saturated carbocycles. The first-order valence-electron chi connectivity index (χ1n) is 11.8. The van der Waals surface area contributed by atoms with E-state index in [4.69, 9.17) is 0 Å². The van der Waals surface area contributed by atoms with E-state index in [0.717, 1.165) is 43.6 Å². The Kier molecular flexibility index (Phi) is 6.51. The van der Waals surface area contributed by atoms with Gasteiger partial charge in [-0.25, -0.2) is 4.39 Å². The molecule has 4 aromatic rings. The zero-order valence-corrected chi connectivity index (χ0v) is 19.0. The van der Waals surface area contributed by atoms with Crippen molar-refractivity contribution in [2.45, 2.75) is 44.4 Å². The molecule has 2 N–H and O–H groups in total. The van der Waals surface area contributed by atoms with Gasteiger partial charge in [0.2, 0.25) is 0 Å². The second-order valence-electron chi connectivity index (χ2n) is 9.03. The van der Waals surface area contributed by atoms with E-state index < -0.39 is 6.17 Å². The lowest BCUT2D eigenvalue weighted by molar-refractivity contribution is 0.0981. The van der Waals surface area contributed by atoms with Crippen molar-refractivity contribution in [3.05, 3.63) is 78.5 Å². The number of hydrogen-bond acceptors (Lipinski definition) is 4. The summed E-state index contributed by atoms with van der Waals surface area (Å²) in [5.41, 5.74) is 4.68. The minimum atomic E-state index is -0.843. The summed E-state index contributed by atoms with van der Waals surface area (Å²) in [6.45, 7) is 4.47. The maximum absolute atomic E-state index is 14.9. The van der Waals surface area contributed by atoms with Crippen LogP contribution in [-0.2, 0) is 6.42 Å². The van der Waals surface area contributed by atoms with E-state index in [9.17, 15) is 4.39 Å². The smallest absolute Gasteiger partial charge is 0.128 e. The monoisotopic (exact) mass is 446 g/mol. The number of H-pyrrole nitrogens is 1. The van der Waals surface area contributed by atoms with Gasteiger partial charge in [-0.05, 0) is 68.6 Å². The Bertz CT molecular complexity index is 1160. The first kappa shape index (κ1) is 21.8. The maximum atomic E-state index is 14.9. The molecule has 2 aromatic heterocycles. The number of aryl methyl sites for hydroxylation is 1. The van der Waals surface area contributed by atoms with E-state index in [1.165, 1.54) is 16.5 Å². The van der Waals surface area contributed by atoms with Gasteiger partial charge in [-0.2, -0.15) is 0 Å². The largest absolute Gasteiger partial charge is 0.361 e. The summed E-state index contributed by atoms with van der Waals surface area (Å²) < 4.78 is 16.9. The van der Waals surface area contributed by atoms with E-state index in [-0.39, 0.29) is 12.1 Å². The van der Waals surface area contributed by atoms with Crippen LogP contribution in [0.3, 0.4) is 0 Å². The Morgan fingerprint density at radius 3 is 2.76 bits per heavy atom. The lowest BCUT2D eigenvalue weighted by atomic mass is 9.99. The molecular formula is C26H31FN6. The molecule has 3 unspecified atom stereocenters. The number of likely N-dealkylation sites (tertiary alicyclic amines) is 1. The molecule has 3 heterocycles. The number of aromatic amines is 1. The molecule has 33 heavy (non-hydrogen) atoms. The molecule has 1 aliphatic heterocycles. The van der Waals surface area contributed by atoms with Crippen molar-refractivity contribution in [2.75, 3.05) is 19.6 Å². The normalized spacial score (nSPS) is 20.3. The predicted octanol–water partition coefficient (Wildman–Crippen LogP) is 4.44. The van der Waals surface area contributed by atoms with Crippen molar-refractivity contribution in [3.63, 3.8) is 0 Å². The molecule has 1 saturated heterocycles. The highest BCUT2D eigenvalue weighted by Gasteiger charge is 2.29. The second-order valence-corrected chi connectivity index (χ2v) is 9.03. The SMILES string of the molecule is CC(NC1CCN(CCCc2c[nH]c3ccc(-n4cnnc4)cc23)CC1F)c1ccccc1. The summed E-state index contributed by atoms with van der Waals surface area (Å²) in [5, 5.41) is 12.5. The summed E-state index contributed by atoms with van der Waals surface area (Å²) in [7, 11) is 0. The molecule has 0 bridgehead atoms. The highest BCUT2D eigenvalue weighted by molar-refractivity contribution is 5.85. The first-order chi connectivity index (χ1) is 16.2. The van der Waals surface area contributed by atoms with Gasteiger partial charge in [0.1, 0.15) is 18.8 Å². The van der Waals surface area contributed by atoms with Gasteiger partial charge in [-0.15, -0.1) is 10.2 Å². The lowest BCUT2D eigenvalue weighted by Crippen LogP contribution is -2.51. The van der Waals surface area contributed by atoms with Crippen molar-refractivity contribution in [1.29, 1.82) is 0 Å². The molecule has 0 aliphatic carbocycles. The molecule has 0 radical (unpaired) electrons. The van der Waals surface area contributed by atoms with Gasteiger partial charge in [0, 0.05) is 41.4 Å². The third-order valence-corrected chi connectivity index (χ3v) is 6.78. The van der Waals surface area contributed by atoms with Gasteiger partial charge in [-0.1, -0.05) is 30.3 Å². The summed E-state index contributed by atoms with van der Waals surface area (Å²) in [5.74, 6) is 0. The molecule has 0 spiro atoms. The highest BCUT2D eigenvalue weighted by Crippen LogP contribution is 2.24. The van der Waals surface area contributed by atoms with E-state index in [2.05, 4.69) is 68.9 Å². The van der Waals surface area contributed by atoms with Crippen LogP contribution in [-0.4, -0.2) is 56.5 Å². The number of alkyl halides is 1. The average molecular weight is 447 g/mol. The van der Waals surface area contributed by atoms with Crippen LogP contribution in [0.2, 0.25) is 0 Å². The standard InChI is InChI=1S/C26H31FN6/c1-19(20-6-3-2-4-7-20)31-26-11-13-32(16-24(26)27)12-5-8-21-15-28-25-10-9-22(14-23(21)25)33-17-29-30-18-33/h2-4,6-7,9-10,14-15,17-19,24,26,28,31H,5,8,11-13,16H2,1H3. The number of aromatic nitrogens is 4. The molecular weight excluding hydrogens is 415 g/mol. The van der Waals surface area contributed by atoms with Crippen LogP contribution in [0.5, 0.6) is 0 Å². The lowest BCUT2D eigenvalue weighted by Gasteiger charge is -2.36. The van der Waals surface area contributed by atoms with Crippen LogP contribution < -0.4 is 5.32 Å². The zero-order chi connectivity index (χ0) is 22.6. The molecule has 3 atom stereocenters. The predicted molar refractivity (Wildman–Crippen MR) is 129 cm³/mol. The highest BCUT2D eigenvalue weighted by atomic mass is 19.1. The average Bonchev–Trinajstić information content (AvgIpc) is 3.51. The molecule has 5 rings (SSSR count). The second kappa shape index (κ2) is 9.85. The Morgan fingerprint density at radius 2 is 1.97 bits per heavy atom. The summed E-state index contributed by atoms with van der Waals surface area (Å²) >= 11 is 0. The van der Waals surface area contributed by atoms with E-state index in [0.29, 0.717) is 6.54 Å². The van der Waals surface area contributed by atoms with Crippen LogP contribution in [0, 0.1) is 0 Å². The number of benzene rings is 2. The number of hydrogen-bond donors (Lipinski definition) is 2. The van der Waals surface area contributed by atoms with Gasteiger partial charge in [-0.3, -0.25) is 4.57 Å². The summed E-state index contributed by atoms with van der Waals surface area (Å²) in [6, 6.07) is 16.7. The van der Waals surface area contributed by atoms with Gasteiger partial charge in [0.15, 0.2) is 0 Å². The topological polar surface area (TPSA) is 61.8 Å². The number of nitrogens with one attached hydrogen (secondary N) is 2. The van der Waals surface area contributed by atoms with Crippen molar-refractivity contribution >= 4 is 10.9 Å². The minimum absolute atomic E-state index is 0.0823. The fraction of sp³-hybridized carbons (Fsp3) is 0.385. The van der Waals surface area contributed by atoms with E-state index >= 15 is 0 Å². The molecule has 6 nitrogen and oxygen atoms in total. The van der Waals surface area contributed by atoms with Crippen LogP contribution in [0.25, 0.3) is 16.6 Å². The third kappa shape index (κ3) is 4.99. The zero-order valence-electron chi connectivity index (χ0n) is 19.0. The maximum Gasteiger partial charge on any atom is 0.128 e. The first-order valence-corrected chi connectivity index (χ1v) is 11.8. The fourth-order valence-electron chi connectivity index (χ4n) is 4.88. The third-order valence-electron chi connectivity index (χ3n) is 6.78. The van der Waals surface area contributed by atoms with Gasteiger partial charge in [0.05, 0.1) is 0 Å². The molecule has 1 aliphatic rings. The number of halogens is 1. The Balaban J connectivity index is 1.13. The molecule has 1 fully saturated rings. The summed E-state index contributed by atoms with van der Waals surface area (Å²) in [6.07, 6.45) is 7.48. The number of piperidine rings is 1. The van der Waals surface area contributed by atoms with Crippen molar-refractivity contribution in [3.8, 4) is 5.69 Å². The van der Waals surface area contributed by atoms with Crippen molar-refractivity contribution in [2.24, 2.45) is 0 Å². The van der Waals surface area contributed by atoms with Gasteiger partial charge in [0.25, 0.3) is 0 Å². The van der Waals surface area contributed by atoms with E-state index in [1.54, 1.807) is 12.7 Å². The van der Waals surface area contributed by atoms with Gasteiger partial charge >= 0.3 is 0 Å². The molecule has 2 aromatic carbocycles.